The van der Waals surface area contributed by atoms with Gasteiger partial charge in [-0.15, -0.1) is 11.8 Å². The van der Waals surface area contributed by atoms with Crippen LogP contribution >= 0.6 is 11.8 Å². The first-order valence-electron chi connectivity index (χ1n) is 4.08. The summed E-state index contributed by atoms with van der Waals surface area (Å²) in [4.78, 5) is 11.4. The summed E-state index contributed by atoms with van der Waals surface area (Å²) < 4.78 is 0. The van der Waals surface area contributed by atoms with Crippen molar-refractivity contribution in [1.29, 1.82) is 0 Å². The highest BCUT2D eigenvalue weighted by molar-refractivity contribution is 8.00. The number of aliphatic hydroxyl groups excluding tert-OH is 1. The maximum Gasteiger partial charge on any atom is 0.172 e. The van der Waals surface area contributed by atoms with E-state index in [1.165, 1.54) is 11.8 Å². The maximum absolute atomic E-state index is 11.4. The van der Waals surface area contributed by atoms with Gasteiger partial charge in [0.25, 0.3) is 0 Å². The summed E-state index contributed by atoms with van der Waals surface area (Å²) in [6.45, 7) is 1.66. The van der Waals surface area contributed by atoms with Crippen LogP contribution in [0.3, 0.4) is 0 Å². The molecule has 1 rings (SSSR count). The normalized spacial score (nSPS) is 12.5. The predicted molar refractivity (Wildman–Crippen MR) is 54.9 cm³/mol. The largest absolute Gasteiger partial charge is 0.383 e. The monoisotopic (exact) mass is 196 g/mol. The number of Topliss-reactive ketones (excluding diaryl/α,β-unsaturated/α-hetero) is 1. The number of carbonyl (C=O) groups is 1. The van der Waals surface area contributed by atoms with E-state index in [1.807, 2.05) is 18.2 Å². The second-order valence-electron chi connectivity index (χ2n) is 2.70. The first kappa shape index (κ1) is 10.3. The van der Waals surface area contributed by atoms with Gasteiger partial charge < -0.3 is 5.11 Å². The minimum absolute atomic E-state index is 0.0616. The minimum Gasteiger partial charge on any atom is -0.383 e. The summed E-state index contributed by atoms with van der Waals surface area (Å²) in [7, 11) is 0. The molecule has 1 aromatic carbocycles. The molecule has 0 spiro atoms. The zero-order valence-corrected chi connectivity index (χ0v) is 8.25. The number of aliphatic hydroxyl groups is 1. The van der Waals surface area contributed by atoms with Crippen LogP contribution in [0.1, 0.15) is 17.3 Å². The molecule has 0 saturated heterocycles. The molecule has 3 heteroatoms. The van der Waals surface area contributed by atoms with Crippen molar-refractivity contribution < 1.29 is 9.90 Å². The second-order valence-corrected chi connectivity index (χ2v) is 4.00. The average Bonchev–Trinajstić information content (AvgIpc) is 2.15. The lowest BCUT2D eigenvalue weighted by molar-refractivity contribution is 0.102. The van der Waals surface area contributed by atoms with E-state index >= 15 is 0 Å². The smallest absolute Gasteiger partial charge is 0.172 e. The molecule has 1 N–H and O–H groups in total. The molecule has 0 aliphatic carbocycles. The Labute approximate surface area is 82.0 Å². The molecule has 0 fully saturated rings. The summed E-state index contributed by atoms with van der Waals surface area (Å²) >= 11 is 1.24. The molecule has 0 amide bonds. The highest BCUT2D eigenvalue weighted by atomic mass is 32.2. The van der Waals surface area contributed by atoms with Crippen molar-refractivity contribution >= 4 is 17.5 Å². The molecular weight excluding hydrogens is 184 g/mol. The third-order valence-electron chi connectivity index (χ3n) is 1.55. The van der Waals surface area contributed by atoms with E-state index in [-0.39, 0.29) is 5.78 Å². The van der Waals surface area contributed by atoms with Gasteiger partial charge in [0.1, 0.15) is 0 Å². The molecule has 13 heavy (non-hydrogen) atoms. The molecule has 0 aliphatic rings. The molecule has 0 saturated carbocycles. The van der Waals surface area contributed by atoms with Crippen molar-refractivity contribution in [3.8, 4) is 0 Å². The highest BCUT2D eigenvalue weighted by Gasteiger charge is 2.06. The Balaban J connectivity index is 2.50. The lowest BCUT2D eigenvalue weighted by Crippen LogP contribution is -2.05. The molecule has 0 heterocycles. The van der Waals surface area contributed by atoms with Crippen LogP contribution in [0.4, 0.5) is 0 Å². The van der Waals surface area contributed by atoms with Crippen LogP contribution < -0.4 is 0 Å². The van der Waals surface area contributed by atoms with Crippen LogP contribution in [0.5, 0.6) is 0 Å². The molecule has 2 nitrogen and oxygen atoms in total. The van der Waals surface area contributed by atoms with Gasteiger partial charge in [-0.05, 0) is 6.92 Å². The van der Waals surface area contributed by atoms with E-state index in [2.05, 4.69) is 0 Å². The molecule has 0 aliphatic heterocycles. The van der Waals surface area contributed by atoms with Crippen molar-refractivity contribution in [1.82, 2.24) is 0 Å². The molecule has 0 radical (unpaired) electrons. The molecule has 70 valence electrons. The van der Waals surface area contributed by atoms with Crippen molar-refractivity contribution in [2.24, 2.45) is 0 Å². The van der Waals surface area contributed by atoms with Gasteiger partial charge in [-0.3, -0.25) is 4.79 Å². The third-order valence-corrected chi connectivity index (χ3v) is 2.46. The first-order chi connectivity index (χ1) is 6.20. The zero-order valence-electron chi connectivity index (χ0n) is 7.43. The van der Waals surface area contributed by atoms with Crippen molar-refractivity contribution in [3.05, 3.63) is 35.9 Å². The van der Waals surface area contributed by atoms with Gasteiger partial charge in [0.2, 0.25) is 0 Å². The van der Waals surface area contributed by atoms with E-state index in [0.717, 1.165) is 0 Å². The Hall–Kier alpha value is -0.800. The fourth-order valence-electron chi connectivity index (χ4n) is 0.904. The van der Waals surface area contributed by atoms with Crippen molar-refractivity contribution in [2.75, 3.05) is 5.75 Å². The SMILES string of the molecule is CC(O)SCC(=O)c1ccccc1. The van der Waals surface area contributed by atoms with Crippen LogP contribution in [0, 0.1) is 0 Å². The van der Waals surface area contributed by atoms with Gasteiger partial charge in [-0.25, -0.2) is 0 Å². The van der Waals surface area contributed by atoms with E-state index in [4.69, 9.17) is 5.11 Å². The van der Waals surface area contributed by atoms with Gasteiger partial charge in [0.15, 0.2) is 5.78 Å². The van der Waals surface area contributed by atoms with E-state index in [0.29, 0.717) is 11.3 Å². The Morgan fingerprint density at radius 1 is 1.46 bits per heavy atom. The average molecular weight is 196 g/mol. The number of hydrogen-bond donors (Lipinski definition) is 1. The highest BCUT2D eigenvalue weighted by Crippen LogP contribution is 2.10. The van der Waals surface area contributed by atoms with E-state index in [9.17, 15) is 4.79 Å². The van der Waals surface area contributed by atoms with E-state index in [1.54, 1.807) is 19.1 Å². The lowest BCUT2D eigenvalue weighted by atomic mass is 10.2. The molecular formula is C10H12O2S. The molecule has 1 unspecified atom stereocenters. The van der Waals surface area contributed by atoms with Crippen LogP contribution in [-0.2, 0) is 0 Å². The number of ketones is 1. The standard InChI is InChI=1S/C10H12O2S/c1-8(11)13-7-10(12)9-5-3-2-4-6-9/h2-6,8,11H,7H2,1H3. The number of carbonyl (C=O) groups excluding carboxylic acids is 1. The van der Waals surface area contributed by atoms with Crippen molar-refractivity contribution in [2.45, 2.75) is 12.4 Å². The van der Waals surface area contributed by atoms with Gasteiger partial charge in [0.05, 0.1) is 11.2 Å². The summed E-state index contributed by atoms with van der Waals surface area (Å²) in [6.07, 6.45) is 0. The molecule has 1 aromatic rings. The Kier molecular flexibility index (Phi) is 3.99. The molecule has 0 aromatic heterocycles. The number of hydrogen-bond acceptors (Lipinski definition) is 3. The predicted octanol–water partition coefficient (Wildman–Crippen LogP) is 1.94. The number of benzene rings is 1. The summed E-state index contributed by atoms with van der Waals surface area (Å²) in [6, 6.07) is 9.11. The number of thioether (sulfide) groups is 1. The molecule has 0 bridgehead atoms. The van der Waals surface area contributed by atoms with Gasteiger partial charge in [-0.2, -0.15) is 0 Å². The Morgan fingerprint density at radius 3 is 2.62 bits per heavy atom. The maximum atomic E-state index is 11.4. The van der Waals surface area contributed by atoms with Crippen LogP contribution in [0.2, 0.25) is 0 Å². The Bertz CT molecular complexity index is 270. The number of rotatable bonds is 4. The second kappa shape index (κ2) is 5.04. The van der Waals surface area contributed by atoms with Gasteiger partial charge in [0, 0.05) is 5.56 Å². The summed E-state index contributed by atoms with van der Waals surface area (Å²) in [5.41, 5.74) is 0.225. The van der Waals surface area contributed by atoms with Gasteiger partial charge >= 0.3 is 0 Å². The summed E-state index contributed by atoms with van der Waals surface area (Å²) in [5, 5.41) is 8.96. The molecule has 1 atom stereocenters. The minimum atomic E-state index is -0.479. The van der Waals surface area contributed by atoms with Crippen LogP contribution in [0.25, 0.3) is 0 Å². The fourth-order valence-corrected chi connectivity index (χ4v) is 1.46. The quantitative estimate of drug-likeness (QED) is 0.590. The fraction of sp³-hybridized carbons (Fsp3) is 0.300. The van der Waals surface area contributed by atoms with Gasteiger partial charge in [-0.1, -0.05) is 30.3 Å². The van der Waals surface area contributed by atoms with Crippen LogP contribution in [-0.4, -0.2) is 22.1 Å². The summed E-state index contributed by atoms with van der Waals surface area (Å²) in [5.74, 6) is 0.397. The Morgan fingerprint density at radius 2 is 2.08 bits per heavy atom. The van der Waals surface area contributed by atoms with Crippen molar-refractivity contribution in [3.63, 3.8) is 0 Å². The van der Waals surface area contributed by atoms with E-state index < -0.39 is 5.44 Å². The lowest BCUT2D eigenvalue weighted by Gasteiger charge is -2.02. The first-order valence-corrected chi connectivity index (χ1v) is 5.13. The van der Waals surface area contributed by atoms with Crippen LogP contribution in [0.15, 0.2) is 30.3 Å². The third kappa shape index (κ3) is 3.61. The zero-order chi connectivity index (χ0) is 9.68. The topological polar surface area (TPSA) is 37.3 Å².